The number of nitrogens with zero attached hydrogens (tertiary/aromatic N) is 4. The molecule has 3 fully saturated rings. The van der Waals surface area contributed by atoms with E-state index in [4.69, 9.17) is 0 Å². The van der Waals surface area contributed by atoms with Crippen LogP contribution in [0.5, 0.6) is 0 Å². The summed E-state index contributed by atoms with van der Waals surface area (Å²) in [4.78, 5) is 18.9. The summed E-state index contributed by atoms with van der Waals surface area (Å²) < 4.78 is 69.4. The van der Waals surface area contributed by atoms with Crippen LogP contribution in [-0.4, -0.2) is 75.4 Å². The van der Waals surface area contributed by atoms with E-state index in [2.05, 4.69) is 31.1 Å². The van der Waals surface area contributed by atoms with Gasteiger partial charge in [0.15, 0.2) is 0 Å². The Bertz CT molecular complexity index is 1380. The molecule has 0 N–H and O–H groups in total. The predicted octanol–water partition coefficient (Wildman–Crippen LogP) is 5.77. The molecular formula is C30H39F3N4O3S. The normalized spacial score (nSPS) is 25.9. The van der Waals surface area contributed by atoms with Crippen molar-refractivity contribution in [1.29, 1.82) is 0 Å². The van der Waals surface area contributed by atoms with Crippen LogP contribution in [0.2, 0.25) is 0 Å². The molecule has 7 nitrogen and oxygen atoms in total. The van der Waals surface area contributed by atoms with Crippen LogP contribution in [0.15, 0.2) is 53.4 Å². The average molecular weight is 593 g/mol. The van der Waals surface area contributed by atoms with E-state index in [0.717, 1.165) is 42.5 Å². The second kappa shape index (κ2) is 10.6. The summed E-state index contributed by atoms with van der Waals surface area (Å²) in [5.74, 6) is 0.347. The van der Waals surface area contributed by atoms with E-state index in [0.29, 0.717) is 31.4 Å². The second-order valence-corrected chi connectivity index (χ2v) is 14.4. The Balaban J connectivity index is 1.53. The van der Waals surface area contributed by atoms with E-state index in [9.17, 15) is 26.4 Å². The highest BCUT2D eigenvalue weighted by Gasteiger charge is 2.56. The van der Waals surface area contributed by atoms with Gasteiger partial charge in [-0.25, -0.2) is 17.5 Å². The number of halogens is 3. The van der Waals surface area contributed by atoms with E-state index >= 15 is 0 Å². The first-order valence-corrected chi connectivity index (χ1v) is 15.6. The van der Waals surface area contributed by atoms with Gasteiger partial charge in [-0.2, -0.15) is 13.2 Å². The van der Waals surface area contributed by atoms with Gasteiger partial charge in [0.2, 0.25) is 10.0 Å². The lowest BCUT2D eigenvalue weighted by molar-refractivity contribution is -0.137. The van der Waals surface area contributed by atoms with Crippen LogP contribution < -0.4 is 4.90 Å². The van der Waals surface area contributed by atoms with Crippen molar-refractivity contribution in [3.8, 4) is 0 Å². The maximum absolute atomic E-state index is 14.4. The number of alkyl halides is 3. The number of sulfonamides is 1. The van der Waals surface area contributed by atoms with Crippen molar-refractivity contribution in [2.75, 3.05) is 46.2 Å². The first-order chi connectivity index (χ1) is 19.2. The molecule has 2 aromatic carbocycles. The van der Waals surface area contributed by atoms with Gasteiger partial charge in [-0.1, -0.05) is 36.8 Å². The van der Waals surface area contributed by atoms with Crippen LogP contribution >= 0.6 is 0 Å². The van der Waals surface area contributed by atoms with Crippen molar-refractivity contribution in [2.45, 2.75) is 67.1 Å². The van der Waals surface area contributed by atoms with Gasteiger partial charge < -0.3 is 4.90 Å². The Morgan fingerprint density at radius 1 is 0.951 bits per heavy atom. The molecule has 2 saturated carbocycles. The molecule has 0 radical (unpaired) electrons. The average Bonchev–Trinajstić information content (AvgIpc) is 3.16. The monoisotopic (exact) mass is 592 g/mol. The zero-order valence-electron chi connectivity index (χ0n) is 24.1. The van der Waals surface area contributed by atoms with Crippen molar-refractivity contribution in [3.05, 3.63) is 59.7 Å². The number of carbonyl (C=O) groups is 1. The molecule has 3 aliphatic rings. The topological polar surface area (TPSA) is 64.2 Å². The molecule has 41 heavy (non-hydrogen) atoms. The first kappa shape index (κ1) is 29.8. The van der Waals surface area contributed by atoms with Crippen LogP contribution in [0.25, 0.3) is 0 Å². The number of rotatable bonds is 7. The number of urea groups is 1. The number of amides is 2. The number of hydrogen-bond donors (Lipinski definition) is 0. The fourth-order valence-electron chi connectivity index (χ4n) is 6.84. The van der Waals surface area contributed by atoms with E-state index in [1.54, 1.807) is 0 Å². The summed E-state index contributed by atoms with van der Waals surface area (Å²) in [5, 5.41) is 0. The summed E-state index contributed by atoms with van der Waals surface area (Å²) in [5.41, 5.74) is -1.04. The Morgan fingerprint density at radius 3 is 2.10 bits per heavy atom. The largest absolute Gasteiger partial charge is 0.418 e. The summed E-state index contributed by atoms with van der Waals surface area (Å²) in [6, 6.07) is 12.8. The Hall–Kier alpha value is -2.63. The fraction of sp³-hybridized carbons (Fsp3) is 0.567. The third kappa shape index (κ3) is 5.14. The van der Waals surface area contributed by atoms with Crippen LogP contribution in [0.1, 0.15) is 56.1 Å². The van der Waals surface area contributed by atoms with E-state index in [1.165, 1.54) is 30.6 Å². The van der Waals surface area contributed by atoms with E-state index in [-0.39, 0.29) is 17.8 Å². The highest BCUT2D eigenvalue weighted by atomic mass is 32.2. The molecule has 5 rings (SSSR count). The molecule has 2 aliphatic carbocycles. The van der Waals surface area contributed by atoms with Crippen molar-refractivity contribution < 1.29 is 26.4 Å². The summed E-state index contributed by atoms with van der Waals surface area (Å²) in [6.07, 6.45) is 1.11. The number of anilines is 1. The van der Waals surface area contributed by atoms with Crippen molar-refractivity contribution in [1.82, 2.24) is 14.1 Å². The van der Waals surface area contributed by atoms with Crippen molar-refractivity contribution in [2.24, 2.45) is 5.92 Å². The van der Waals surface area contributed by atoms with Gasteiger partial charge in [0, 0.05) is 26.2 Å². The van der Waals surface area contributed by atoms with Gasteiger partial charge in [-0.15, -0.1) is 0 Å². The molecular weight excluding hydrogens is 553 g/mol. The minimum Gasteiger partial charge on any atom is -0.317 e. The Labute approximate surface area is 240 Å². The number of carbonyl (C=O) groups excluding carboxylic acids is 1. The van der Waals surface area contributed by atoms with Gasteiger partial charge in [0.05, 0.1) is 28.2 Å². The number of hydrogen-bond acceptors (Lipinski definition) is 4. The Kier molecular flexibility index (Phi) is 7.70. The van der Waals surface area contributed by atoms with Crippen molar-refractivity contribution >= 4 is 21.7 Å². The molecule has 0 atom stereocenters. The lowest BCUT2D eigenvalue weighted by atomic mass is 9.68. The first-order valence-electron chi connectivity index (χ1n) is 14.2. The lowest BCUT2D eigenvalue weighted by Gasteiger charge is -2.51. The zero-order valence-corrected chi connectivity index (χ0v) is 24.9. The van der Waals surface area contributed by atoms with Gasteiger partial charge in [-0.3, -0.25) is 9.80 Å². The smallest absolute Gasteiger partial charge is 0.317 e. The molecule has 11 heteroatoms. The summed E-state index contributed by atoms with van der Waals surface area (Å²) in [7, 11) is 2.57. The SMILES string of the molecule is CN(C)S(=O)(=O)c1ccc(N2C[C@]3(CC[C@](c4ccccc4)(N(C)C)CC3)N(CC3CCC3)C2=O)c(C(F)(F)F)c1. The molecule has 1 spiro atoms. The van der Waals surface area contributed by atoms with Gasteiger partial charge in [0.1, 0.15) is 0 Å². The van der Waals surface area contributed by atoms with E-state index in [1.807, 2.05) is 23.1 Å². The zero-order chi connectivity index (χ0) is 29.8. The predicted molar refractivity (Wildman–Crippen MR) is 152 cm³/mol. The maximum Gasteiger partial charge on any atom is 0.418 e. The molecule has 2 amide bonds. The highest BCUT2D eigenvalue weighted by molar-refractivity contribution is 7.89. The molecule has 0 bridgehead atoms. The molecule has 1 saturated heterocycles. The Morgan fingerprint density at radius 2 is 1.59 bits per heavy atom. The standard InChI is InChI=1S/C30H39F3N4O3S/c1-34(2)29(23-11-6-5-7-12-23)17-15-28(16-18-29)21-36(27(38)37(28)20-22-9-8-10-22)26-14-13-24(41(39,40)35(3)4)19-25(26)30(31,32)33/h5-7,11-14,19,22H,8-10,15-18,20-21H2,1-4H3/t28-,29+. The van der Waals surface area contributed by atoms with E-state index < -0.39 is 38.2 Å². The quantitative estimate of drug-likeness (QED) is 0.410. The molecule has 2 aromatic rings. The van der Waals surface area contributed by atoms with Crippen LogP contribution in [0.4, 0.5) is 23.7 Å². The van der Waals surface area contributed by atoms with Gasteiger partial charge in [-0.05, 0) is 82.3 Å². The third-order valence-corrected chi connectivity index (χ3v) is 11.5. The van der Waals surface area contributed by atoms with Crippen LogP contribution in [-0.2, 0) is 21.7 Å². The van der Waals surface area contributed by atoms with Gasteiger partial charge >= 0.3 is 12.2 Å². The maximum atomic E-state index is 14.4. The minimum atomic E-state index is -4.85. The molecule has 1 aliphatic heterocycles. The minimum absolute atomic E-state index is 0.139. The molecule has 0 aromatic heterocycles. The lowest BCUT2D eigenvalue weighted by Crippen LogP contribution is -2.56. The van der Waals surface area contributed by atoms with Crippen LogP contribution in [0.3, 0.4) is 0 Å². The van der Waals surface area contributed by atoms with Crippen molar-refractivity contribution in [3.63, 3.8) is 0 Å². The van der Waals surface area contributed by atoms with Crippen LogP contribution in [0, 0.1) is 5.92 Å². The molecule has 0 unspecified atom stereocenters. The number of benzene rings is 2. The molecule has 1 heterocycles. The summed E-state index contributed by atoms with van der Waals surface area (Å²) >= 11 is 0. The third-order valence-electron chi connectivity index (χ3n) is 9.67. The molecule has 224 valence electrons. The second-order valence-electron chi connectivity index (χ2n) is 12.3. The fourth-order valence-corrected chi connectivity index (χ4v) is 7.77. The van der Waals surface area contributed by atoms with Gasteiger partial charge in [0.25, 0.3) is 0 Å². The highest BCUT2D eigenvalue weighted by Crippen LogP contribution is 2.51. The summed E-state index contributed by atoms with van der Waals surface area (Å²) in [6.45, 7) is 0.670.